The van der Waals surface area contributed by atoms with E-state index >= 15 is 0 Å². The zero-order chi connectivity index (χ0) is 17.6. The van der Waals surface area contributed by atoms with Crippen molar-refractivity contribution in [2.75, 3.05) is 19.9 Å². The summed E-state index contributed by atoms with van der Waals surface area (Å²) in [6, 6.07) is 11.0. The third kappa shape index (κ3) is 4.97. The van der Waals surface area contributed by atoms with Crippen molar-refractivity contribution in [3.8, 4) is 5.75 Å². The number of hydrogen-bond donors (Lipinski definition) is 2. The van der Waals surface area contributed by atoms with E-state index in [9.17, 15) is 9.90 Å². The monoisotopic (exact) mass is 346 g/mol. The van der Waals surface area contributed by atoms with Gasteiger partial charge in [-0.25, -0.2) is 4.98 Å². The lowest BCUT2D eigenvalue weighted by molar-refractivity contribution is 0.0551. The van der Waals surface area contributed by atoms with Crippen molar-refractivity contribution in [1.82, 2.24) is 10.3 Å². The number of carbonyl (C=O) groups excluding carboxylic acids is 1. The fraction of sp³-hybridized carbons (Fsp3) is 0.333. The lowest BCUT2D eigenvalue weighted by Crippen LogP contribution is -2.42. The first-order valence-corrected chi connectivity index (χ1v) is 8.80. The SMILES string of the molecule is COc1ccc(CC(C)(O)CNC(=O)c2cccnc2SC)cc1. The minimum Gasteiger partial charge on any atom is -0.497 e. The molecule has 128 valence electrons. The van der Waals surface area contributed by atoms with Crippen LogP contribution in [-0.2, 0) is 6.42 Å². The van der Waals surface area contributed by atoms with Gasteiger partial charge in [0.15, 0.2) is 0 Å². The average Bonchev–Trinajstić information content (AvgIpc) is 2.60. The Bertz CT molecular complexity index is 687. The van der Waals surface area contributed by atoms with E-state index in [4.69, 9.17) is 4.74 Å². The predicted molar refractivity (Wildman–Crippen MR) is 95.7 cm³/mol. The van der Waals surface area contributed by atoms with Crippen LogP contribution in [0.2, 0.25) is 0 Å². The molecule has 0 bridgehead atoms. The van der Waals surface area contributed by atoms with Gasteiger partial charge in [-0.1, -0.05) is 12.1 Å². The summed E-state index contributed by atoms with van der Waals surface area (Å²) in [5.41, 5.74) is 0.442. The number of thioether (sulfide) groups is 1. The fourth-order valence-electron chi connectivity index (χ4n) is 2.34. The van der Waals surface area contributed by atoms with E-state index in [-0.39, 0.29) is 12.5 Å². The molecule has 0 aliphatic carbocycles. The first kappa shape index (κ1) is 18.3. The summed E-state index contributed by atoms with van der Waals surface area (Å²) < 4.78 is 5.12. The molecule has 1 aromatic carbocycles. The van der Waals surface area contributed by atoms with Gasteiger partial charge in [-0.15, -0.1) is 11.8 Å². The van der Waals surface area contributed by atoms with Crippen molar-refractivity contribution >= 4 is 17.7 Å². The normalized spacial score (nSPS) is 13.2. The molecule has 1 heterocycles. The van der Waals surface area contributed by atoms with E-state index in [1.807, 2.05) is 30.5 Å². The molecule has 0 aliphatic heterocycles. The van der Waals surface area contributed by atoms with Crippen LogP contribution in [-0.4, -0.2) is 41.5 Å². The Labute approximate surface area is 146 Å². The van der Waals surface area contributed by atoms with Gasteiger partial charge in [0, 0.05) is 19.2 Å². The lowest BCUT2D eigenvalue weighted by atomic mass is 9.96. The zero-order valence-corrected chi connectivity index (χ0v) is 14.9. The van der Waals surface area contributed by atoms with Gasteiger partial charge in [-0.3, -0.25) is 4.79 Å². The van der Waals surface area contributed by atoms with Gasteiger partial charge < -0.3 is 15.2 Å². The number of aromatic nitrogens is 1. The third-order valence-electron chi connectivity index (χ3n) is 3.58. The van der Waals surface area contributed by atoms with Crippen LogP contribution in [0.3, 0.4) is 0 Å². The summed E-state index contributed by atoms with van der Waals surface area (Å²) in [7, 11) is 1.61. The van der Waals surface area contributed by atoms with Crippen LogP contribution in [0.1, 0.15) is 22.8 Å². The fourth-order valence-corrected chi connectivity index (χ4v) is 2.88. The van der Waals surface area contributed by atoms with Crippen molar-refractivity contribution in [2.24, 2.45) is 0 Å². The molecule has 1 unspecified atom stereocenters. The molecule has 0 saturated heterocycles. The summed E-state index contributed by atoms with van der Waals surface area (Å²) in [4.78, 5) is 16.5. The number of aliphatic hydroxyl groups is 1. The second kappa shape index (κ2) is 8.17. The van der Waals surface area contributed by atoms with E-state index in [0.717, 1.165) is 11.3 Å². The maximum absolute atomic E-state index is 12.3. The molecule has 2 rings (SSSR count). The van der Waals surface area contributed by atoms with Crippen molar-refractivity contribution < 1.29 is 14.6 Å². The number of nitrogens with zero attached hydrogens (tertiary/aromatic N) is 1. The summed E-state index contributed by atoms with van der Waals surface area (Å²) in [5.74, 6) is 0.537. The number of benzene rings is 1. The second-order valence-corrected chi connectivity index (χ2v) is 6.56. The minimum absolute atomic E-state index is 0.153. The molecule has 1 atom stereocenters. The number of amides is 1. The number of methoxy groups -OCH3 is 1. The van der Waals surface area contributed by atoms with E-state index < -0.39 is 5.60 Å². The standard InChI is InChI=1S/C18H22N2O3S/c1-18(22,11-13-6-8-14(23-2)9-7-13)12-20-16(21)15-5-4-10-19-17(15)24-3/h4-10,22H,11-12H2,1-3H3,(H,20,21). The number of ether oxygens (including phenoxy) is 1. The first-order valence-electron chi connectivity index (χ1n) is 7.58. The molecule has 24 heavy (non-hydrogen) atoms. The van der Waals surface area contributed by atoms with Crippen molar-refractivity contribution in [2.45, 2.75) is 24.0 Å². The highest BCUT2D eigenvalue weighted by Crippen LogP contribution is 2.18. The van der Waals surface area contributed by atoms with Gasteiger partial charge in [0.2, 0.25) is 0 Å². The summed E-state index contributed by atoms with van der Waals surface area (Å²) in [6.45, 7) is 1.86. The van der Waals surface area contributed by atoms with E-state index in [0.29, 0.717) is 17.0 Å². The quantitative estimate of drug-likeness (QED) is 0.754. The Hall–Kier alpha value is -2.05. The average molecular weight is 346 g/mol. The Morgan fingerprint density at radius 1 is 1.33 bits per heavy atom. The topological polar surface area (TPSA) is 71.5 Å². The number of pyridine rings is 1. The molecule has 2 aromatic rings. The maximum Gasteiger partial charge on any atom is 0.254 e. The molecule has 0 radical (unpaired) electrons. The molecule has 2 N–H and O–H groups in total. The number of rotatable bonds is 7. The molecule has 0 fully saturated rings. The van der Waals surface area contributed by atoms with E-state index in [1.165, 1.54) is 11.8 Å². The summed E-state index contributed by atoms with van der Waals surface area (Å²) >= 11 is 1.42. The van der Waals surface area contributed by atoms with E-state index in [1.54, 1.807) is 32.4 Å². The Morgan fingerprint density at radius 3 is 2.67 bits per heavy atom. The molecule has 1 aromatic heterocycles. The maximum atomic E-state index is 12.3. The Morgan fingerprint density at radius 2 is 2.04 bits per heavy atom. The van der Waals surface area contributed by atoms with Crippen molar-refractivity contribution in [3.63, 3.8) is 0 Å². The van der Waals surface area contributed by atoms with Gasteiger partial charge in [0.1, 0.15) is 10.8 Å². The lowest BCUT2D eigenvalue weighted by Gasteiger charge is -2.24. The molecular formula is C18H22N2O3S. The summed E-state index contributed by atoms with van der Waals surface area (Å²) in [6.07, 6.45) is 3.96. The van der Waals surface area contributed by atoms with Crippen LogP contribution >= 0.6 is 11.8 Å². The first-order chi connectivity index (χ1) is 11.4. The summed E-state index contributed by atoms with van der Waals surface area (Å²) in [5, 5.41) is 14.0. The highest BCUT2D eigenvalue weighted by atomic mass is 32.2. The Balaban J connectivity index is 1.97. The van der Waals surface area contributed by atoms with Crippen LogP contribution in [0.4, 0.5) is 0 Å². The van der Waals surface area contributed by atoms with Crippen LogP contribution in [0.5, 0.6) is 5.75 Å². The molecule has 0 spiro atoms. The van der Waals surface area contributed by atoms with Gasteiger partial charge >= 0.3 is 0 Å². The number of hydrogen-bond acceptors (Lipinski definition) is 5. The molecule has 1 amide bonds. The van der Waals surface area contributed by atoms with Gasteiger partial charge in [0.25, 0.3) is 5.91 Å². The van der Waals surface area contributed by atoms with E-state index in [2.05, 4.69) is 10.3 Å². The molecule has 6 heteroatoms. The predicted octanol–water partition coefficient (Wildman–Crippen LogP) is 2.54. The van der Waals surface area contributed by atoms with Crippen molar-refractivity contribution in [3.05, 3.63) is 53.7 Å². The van der Waals surface area contributed by atoms with Crippen LogP contribution in [0, 0.1) is 0 Å². The van der Waals surface area contributed by atoms with Crippen LogP contribution in [0.25, 0.3) is 0 Å². The van der Waals surface area contributed by atoms with Crippen LogP contribution in [0.15, 0.2) is 47.6 Å². The number of nitrogens with one attached hydrogen (secondary N) is 1. The van der Waals surface area contributed by atoms with Gasteiger partial charge in [-0.2, -0.15) is 0 Å². The molecule has 0 saturated carbocycles. The number of carbonyl (C=O) groups is 1. The van der Waals surface area contributed by atoms with Gasteiger partial charge in [0.05, 0.1) is 18.3 Å². The van der Waals surface area contributed by atoms with Crippen molar-refractivity contribution in [1.29, 1.82) is 0 Å². The largest absolute Gasteiger partial charge is 0.497 e. The van der Waals surface area contributed by atoms with Gasteiger partial charge in [-0.05, 0) is 43.0 Å². The molecular weight excluding hydrogens is 324 g/mol. The highest BCUT2D eigenvalue weighted by Gasteiger charge is 2.23. The molecule has 5 nitrogen and oxygen atoms in total. The highest BCUT2D eigenvalue weighted by molar-refractivity contribution is 7.98. The molecule has 0 aliphatic rings. The van der Waals surface area contributed by atoms with Crippen LogP contribution < -0.4 is 10.1 Å². The Kier molecular flexibility index (Phi) is 6.23. The smallest absolute Gasteiger partial charge is 0.254 e. The zero-order valence-electron chi connectivity index (χ0n) is 14.1. The minimum atomic E-state index is -1.05. The second-order valence-electron chi connectivity index (χ2n) is 5.76. The third-order valence-corrected chi connectivity index (χ3v) is 4.29.